The van der Waals surface area contributed by atoms with Crippen LogP contribution in [-0.2, 0) is 9.59 Å². The number of hydrogen-bond acceptors (Lipinski definition) is 3. The predicted molar refractivity (Wildman–Crippen MR) is 141 cm³/mol. The molecule has 0 aromatic heterocycles. The summed E-state index contributed by atoms with van der Waals surface area (Å²) < 4.78 is 27.9. The van der Waals surface area contributed by atoms with E-state index >= 15 is 0 Å². The molecule has 0 aliphatic heterocycles. The number of nitrogens with one attached hydrogen (secondary N) is 2. The van der Waals surface area contributed by atoms with Gasteiger partial charge in [0.2, 0.25) is 5.91 Å². The zero-order valence-electron chi connectivity index (χ0n) is 20.9. The molecule has 3 aromatic rings. The molecule has 2 amide bonds. The van der Waals surface area contributed by atoms with E-state index in [1.807, 2.05) is 24.3 Å². The van der Waals surface area contributed by atoms with Crippen LogP contribution >= 0.6 is 0 Å². The summed E-state index contributed by atoms with van der Waals surface area (Å²) >= 11 is 0. The van der Waals surface area contributed by atoms with Crippen LogP contribution in [0.2, 0.25) is 0 Å². The third-order valence-electron chi connectivity index (χ3n) is 7.01. The van der Waals surface area contributed by atoms with Crippen LogP contribution in [0.25, 0.3) is 11.1 Å². The van der Waals surface area contributed by atoms with Crippen LogP contribution in [-0.4, -0.2) is 29.4 Å². The number of carbonyl (C=O) groups is 3. The molecule has 1 saturated carbocycles. The molecule has 0 radical (unpaired) electrons. The first kappa shape index (κ1) is 27.0. The fraction of sp³-hybridized carbons (Fsp3) is 0.300. The molecule has 0 spiro atoms. The van der Waals surface area contributed by atoms with Crippen LogP contribution in [0.1, 0.15) is 60.4 Å². The first-order valence-corrected chi connectivity index (χ1v) is 12.7. The fourth-order valence-electron chi connectivity index (χ4n) is 4.96. The number of amides is 2. The van der Waals surface area contributed by atoms with Gasteiger partial charge in [-0.1, -0.05) is 30.3 Å². The molecule has 1 aliphatic carbocycles. The Kier molecular flexibility index (Phi) is 8.84. The number of anilines is 1. The first-order chi connectivity index (χ1) is 18.3. The highest BCUT2D eigenvalue weighted by Gasteiger charge is 2.24. The highest BCUT2D eigenvalue weighted by molar-refractivity contribution is 5.95. The zero-order chi connectivity index (χ0) is 27.1. The maximum Gasteiger partial charge on any atom is 0.303 e. The number of benzene rings is 3. The minimum Gasteiger partial charge on any atom is -0.481 e. The molecule has 6 nitrogen and oxygen atoms in total. The summed E-state index contributed by atoms with van der Waals surface area (Å²) in [5.74, 6) is -2.06. The van der Waals surface area contributed by atoms with Gasteiger partial charge in [-0.15, -0.1) is 0 Å². The Morgan fingerprint density at radius 1 is 0.842 bits per heavy atom. The lowest BCUT2D eigenvalue weighted by atomic mass is 9.77. The van der Waals surface area contributed by atoms with Crippen molar-refractivity contribution in [3.05, 3.63) is 89.5 Å². The lowest BCUT2D eigenvalue weighted by Gasteiger charge is -2.28. The van der Waals surface area contributed by atoms with Crippen molar-refractivity contribution >= 4 is 23.5 Å². The highest BCUT2D eigenvalue weighted by atomic mass is 19.1. The molecule has 0 saturated heterocycles. The average molecular weight is 521 g/mol. The number of carbonyl (C=O) groups excluding carboxylic acids is 2. The smallest absolute Gasteiger partial charge is 0.303 e. The molecule has 38 heavy (non-hydrogen) atoms. The van der Waals surface area contributed by atoms with Gasteiger partial charge in [0.15, 0.2) is 0 Å². The molecule has 3 N–H and O–H groups in total. The molecule has 1 fully saturated rings. The molecule has 8 heteroatoms. The van der Waals surface area contributed by atoms with Crippen molar-refractivity contribution in [2.45, 2.75) is 44.4 Å². The Morgan fingerprint density at radius 2 is 1.47 bits per heavy atom. The molecule has 0 atom stereocenters. The molecule has 4 rings (SSSR count). The van der Waals surface area contributed by atoms with Gasteiger partial charge in [-0.05, 0) is 85.0 Å². The standard InChI is InChI=1S/C30H30F2N2O4/c31-25-2-1-3-26(32)29(25)22-8-10-23(11-9-22)30(38)33-17-16-27(35)34-24-14-12-21(13-15-24)20-6-4-19(5-7-20)18-28(36)37/h1-3,8-15,19-20H,4-7,16-18H2,(H,33,38)(H,34,35)(H,36,37)/t19-,20-. The van der Waals surface area contributed by atoms with Crippen molar-refractivity contribution in [3.8, 4) is 11.1 Å². The highest BCUT2D eigenvalue weighted by Crippen LogP contribution is 2.37. The third-order valence-corrected chi connectivity index (χ3v) is 7.01. The van der Waals surface area contributed by atoms with E-state index in [1.165, 1.54) is 48.0 Å². The van der Waals surface area contributed by atoms with Gasteiger partial charge in [0.25, 0.3) is 5.91 Å². The normalized spacial score (nSPS) is 17.0. The summed E-state index contributed by atoms with van der Waals surface area (Å²) in [5, 5.41) is 14.5. The first-order valence-electron chi connectivity index (χ1n) is 12.7. The van der Waals surface area contributed by atoms with Gasteiger partial charge >= 0.3 is 5.97 Å². The Balaban J connectivity index is 1.21. The van der Waals surface area contributed by atoms with Crippen LogP contribution in [0.3, 0.4) is 0 Å². The Bertz CT molecular complexity index is 1260. The van der Waals surface area contributed by atoms with Gasteiger partial charge in [-0.3, -0.25) is 14.4 Å². The van der Waals surface area contributed by atoms with E-state index in [9.17, 15) is 23.2 Å². The van der Waals surface area contributed by atoms with E-state index < -0.39 is 17.6 Å². The zero-order valence-corrected chi connectivity index (χ0v) is 20.9. The van der Waals surface area contributed by atoms with E-state index in [2.05, 4.69) is 10.6 Å². The summed E-state index contributed by atoms with van der Waals surface area (Å²) in [4.78, 5) is 35.6. The summed E-state index contributed by atoms with van der Waals surface area (Å²) in [6.07, 6.45) is 4.07. The number of hydrogen-bond donors (Lipinski definition) is 3. The summed E-state index contributed by atoms with van der Waals surface area (Å²) in [6, 6.07) is 17.3. The molecule has 198 valence electrons. The molecule has 0 bridgehead atoms. The van der Waals surface area contributed by atoms with Crippen LogP contribution in [0, 0.1) is 17.6 Å². The van der Waals surface area contributed by atoms with E-state index in [1.54, 1.807) is 0 Å². The summed E-state index contributed by atoms with van der Waals surface area (Å²) in [7, 11) is 0. The second-order valence-corrected chi connectivity index (χ2v) is 9.67. The van der Waals surface area contributed by atoms with Crippen molar-refractivity contribution in [1.82, 2.24) is 5.32 Å². The van der Waals surface area contributed by atoms with Gasteiger partial charge in [-0.2, -0.15) is 0 Å². The number of carboxylic acids is 1. The van der Waals surface area contributed by atoms with Crippen molar-refractivity contribution in [1.29, 1.82) is 0 Å². The maximum absolute atomic E-state index is 14.0. The van der Waals surface area contributed by atoms with Gasteiger partial charge in [0.1, 0.15) is 11.6 Å². The number of halogens is 2. The monoisotopic (exact) mass is 520 g/mol. The van der Waals surface area contributed by atoms with E-state index in [4.69, 9.17) is 5.11 Å². The molecule has 1 aliphatic rings. The number of rotatable bonds is 9. The van der Waals surface area contributed by atoms with Crippen molar-refractivity contribution in [3.63, 3.8) is 0 Å². The largest absolute Gasteiger partial charge is 0.481 e. The predicted octanol–water partition coefficient (Wildman–Crippen LogP) is 6.14. The van der Waals surface area contributed by atoms with Gasteiger partial charge in [-0.25, -0.2) is 8.78 Å². The third kappa shape index (κ3) is 7.03. The topological polar surface area (TPSA) is 95.5 Å². The molecule has 0 unspecified atom stereocenters. The Labute approximate surface area is 220 Å². The second-order valence-electron chi connectivity index (χ2n) is 9.67. The van der Waals surface area contributed by atoms with E-state index in [-0.39, 0.29) is 42.7 Å². The molecular formula is C30H30F2N2O4. The van der Waals surface area contributed by atoms with E-state index in [0.29, 0.717) is 22.7 Å². The number of carboxylic acid groups (broad SMARTS) is 1. The van der Waals surface area contributed by atoms with Crippen molar-refractivity contribution < 1.29 is 28.3 Å². The van der Waals surface area contributed by atoms with Gasteiger partial charge < -0.3 is 15.7 Å². The van der Waals surface area contributed by atoms with E-state index in [0.717, 1.165) is 25.7 Å². The second kappa shape index (κ2) is 12.4. The molecule has 0 heterocycles. The maximum atomic E-state index is 14.0. The molecule has 3 aromatic carbocycles. The van der Waals surface area contributed by atoms with Crippen LogP contribution in [0.4, 0.5) is 14.5 Å². The van der Waals surface area contributed by atoms with Crippen LogP contribution in [0.15, 0.2) is 66.7 Å². The van der Waals surface area contributed by atoms with Crippen molar-refractivity contribution in [2.24, 2.45) is 5.92 Å². The average Bonchev–Trinajstić information content (AvgIpc) is 2.89. The minimum atomic E-state index is -0.735. The number of aliphatic carboxylic acids is 1. The Hall–Kier alpha value is -4.07. The fourth-order valence-corrected chi connectivity index (χ4v) is 4.96. The van der Waals surface area contributed by atoms with Crippen LogP contribution < -0.4 is 10.6 Å². The quantitative estimate of drug-likeness (QED) is 0.316. The van der Waals surface area contributed by atoms with Crippen molar-refractivity contribution in [2.75, 3.05) is 11.9 Å². The minimum absolute atomic E-state index is 0.0829. The SMILES string of the molecule is O=C(O)C[C@H]1CC[C@H](c2ccc(NC(=O)CCNC(=O)c3ccc(-c4c(F)cccc4F)cc3)cc2)CC1. The van der Waals surface area contributed by atoms with Gasteiger partial charge in [0, 0.05) is 30.6 Å². The Morgan fingerprint density at radius 3 is 2.08 bits per heavy atom. The lowest BCUT2D eigenvalue weighted by Crippen LogP contribution is -2.27. The van der Waals surface area contributed by atoms with Crippen LogP contribution in [0.5, 0.6) is 0 Å². The molecular weight excluding hydrogens is 490 g/mol. The lowest BCUT2D eigenvalue weighted by molar-refractivity contribution is -0.138. The summed E-state index contributed by atoms with van der Waals surface area (Å²) in [5.41, 5.74) is 2.35. The van der Waals surface area contributed by atoms with Gasteiger partial charge in [0.05, 0.1) is 5.56 Å². The summed E-state index contributed by atoms with van der Waals surface area (Å²) in [6.45, 7) is 0.131.